The van der Waals surface area contributed by atoms with Gasteiger partial charge in [0.25, 0.3) is 0 Å². The summed E-state index contributed by atoms with van der Waals surface area (Å²) in [5.74, 6) is -0.969. The number of imidazole rings is 1. The van der Waals surface area contributed by atoms with Crippen molar-refractivity contribution in [1.29, 1.82) is 0 Å². The number of ether oxygens (including phenoxy) is 1. The molecule has 0 unspecified atom stereocenters. The lowest BCUT2D eigenvalue weighted by Gasteiger charge is -2.12. The summed E-state index contributed by atoms with van der Waals surface area (Å²) in [5.41, 5.74) is 9.44. The number of benzene rings is 1. The first-order chi connectivity index (χ1) is 15.2. The topological polar surface area (TPSA) is 100 Å². The zero-order chi connectivity index (χ0) is 23.5. The van der Waals surface area contributed by atoms with E-state index in [9.17, 15) is 17.2 Å². The van der Waals surface area contributed by atoms with Crippen molar-refractivity contribution in [1.82, 2.24) is 14.5 Å². The van der Waals surface area contributed by atoms with E-state index in [4.69, 9.17) is 10.5 Å². The van der Waals surface area contributed by atoms with Gasteiger partial charge in [0.15, 0.2) is 15.7 Å². The van der Waals surface area contributed by atoms with Gasteiger partial charge in [-0.2, -0.15) is 0 Å². The Hall–Kier alpha value is -2.59. The van der Waals surface area contributed by atoms with Gasteiger partial charge >= 0.3 is 0 Å². The third-order valence-electron chi connectivity index (χ3n) is 5.43. The van der Waals surface area contributed by atoms with Crippen LogP contribution in [0, 0.1) is 25.5 Å². The maximum Gasteiger partial charge on any atom is 0.181 e. The molecule has 0 spiro atoms. The van der Waals surface area contributed by atoms with Gasteiger partial charge in [0.2, 0.25) is 0 Å². The summed E-state index contributed by atoms with van der Waals surface area (Å²) in [4.78, 5) is 8.52. The number of hydrogen-bond donors (Lipinski definition) is 1. The Kier molecular flexibility index (Phi) is 7.45. The fraction of sp³-hybridized carbons (Fsp3) is 0.455. The molecule has 0 fully saturated rings. The van der Waals surface area contributed by atoms with E-state index in [0.29, 0.717) is 56.4 Å². The van der Waals surface area contributed by atoms with Gasteiger partial charge in [0.05, 0.1) is 11.3 Å². The second-order valence-corrected chi connectivity index (χ2v) is 9.75. The molecule has 0 saturated heterocycles. The maximum atomic E-state index is 13.8. The number of fused-ring (bicyclic) bond motifs is 1. The van der Waals surface area contributed by atoms with Crippen molar-refractivity contribution in [2.75, 3.05) is 18.1 Å². The number of halogens is 2. The number of nitrogen functional groups attached to an aromatic ring is 1. The van der Waals surface area contributed by atoms with Crippen LogP contribution in [-0.4, -0.2) is 35.3 Å². The van der Waals surface area contributed by atoms with Gasteiger partial charge in [-0.25, -0.2) is 27.2 Å². The first-order valence-electron chi connectivity index (χ1n) is 10.5. The summed E-state index contributed by atoms with van der Waals surface area (Å²) >= 11 is 0. The van der Waals surface area contributed by atoms with Gasteiger partial charge in [-0.15, -0.1) is 0 Å². The van der Waals surface area contributed by atoms with E-state index in [1.165, 1.54) is 0 Å². The minimum Gasteiger partial charge on any atom is -0.382 e. The average Bonchev–Trinajstić information content (AvgIpc) is 3.09. The van der Waals surface area contributed by atoms with Gasteiger partial charge in [0.1, 0.15) is 34.5 Å². The number of sulfone groups is 1. The van der Waals surface area contributed by atoms with Crippen LogP contribution in [0.4, 0.5) is 14.6 Å². The molecule has 0 aliphatic rings. The van der Waals surface area contributed by atoms with Crippen molar-refractivity contribution >= 4 is 26.7 Å². The highest BCUT2D eigenvalue weighted by Gasteiger charge is 2.20. The molecule has 1 aromatic carbocycles. The second kappa shape index (κ2) is 9.91. The standard InChI is InChI=1S/C22H28F2N4O3S/c1-4-31-13-19-27-20-21(14(2)15(3)26-22(20)25)28(19)10-6-5-7-11-32(29,30)18-9-8-16(23)12-17(18)24/h8-9,12H,4-7,10-11,13H2,1-3H3,(H2,25,26). The van der Waals surface area contributed by atoms with Crippen molar-refractivity contribution in [3.8, 4) is 0 Å². The van der Waals surface area contributed by atoms with E-state index in [0.717, 1.165) is 34.7 Å². The summed E-state index contributed by atoms with van der Waals surface area (Å²) in [6, 6.07) is 2.51. The van der Waals surface area contributed by atoms with Crippen LogP contribution in [0.3, 0.4) is 0 Å². The molecule has 0 atom stereocenters. The Morgan fingerprint density at radius 2 is 1.88 bits per heavy atom. The molecule has 7 nitrogen and oxygen atoms in total. The number of aromatic nitrogens is 3. The Morgan fingerprint density at radius 1 is 1.12 bits per heavy atom. The highest BCUT2D eigenvalue weighted by molar-refractivity contribution is 7.91. The average molecular weight is 467 g/mol. The summed E-state index contributed by atoms with van der Waals surface area (Å²) < 4.78 is 59.3. The number of pyridine rings is 1. The molecule has 0 amide bonds. The monoisotopic (exact) mass is 466 g/mol. The van der Waals surface area contributed by atoms with E-state index in [1.54, 1.807) is 0 Å². The molecule has 2 aromatic heterocycles. The highest BCUT2D eigenvalue weighted by atomic mass is 32.2. The lowest BCUT2D eigenvalue weighted by Crippen LogP contribution is -2.10. The fourth-order valence-electron chi connectivity index (χ4n) is 3.67. The highest BCUT2D eigenvalue weighted by Crippen LogP contribution is 2.27. The minimum absolute atomic E-state index is 0.207. The van der Waals surface area contributed by atoms with E-state index in [-0.39, 0.29) is 5.75 Å². The number of aryl methyl sites for hydroxylation is 3. The zero-order valence-corrected chi connectivity index (χ0v) is 19.3. The van der Waals surface area contributed by atoms with Gasteiger partial charge < -0.3 is 15.0 Å². The van der Waals surface area contributed by atoms with Crippen LogP contribution in [0.15, 0.2) is 23.1 Å². The molecular formula is C22H28F2N4O3S. The molecular weight excluding hydrogens is 438 g/mol. The maximum absolute atomic E-state index is 13.8. The number of unbranched alkanes of at least 4 members (excludes halogenated alkanes) is 2. The van der Waals surface area contributed by atoms with Crippen molar-refractivity contribution in [2.24, 2.45) is 0 Å². The molecule has 3 rings (SSSR count). The third kappa shape index (κ3) is 5.07. The molecule has 0 aliphatic carbocycles. The van der Waals surface area contributed by atoms with Crippen LogP contribution in [-0.2, 0) is 27.7 Å². The largest absolute Gasteiger partial charge is 0.382 e. The molecule has 2 heterocycles. The van der Waals surface area contributed by atoms with Gasteiger partial charge in [-0.3, -0.25) is 0 Å². The minimum atomic E-state index is -3.82. The first-order valence-corrected chi connectivity index (χ1v) is 12.2. The normalized spacial score (nSPS) is 12.0. The smallest absolute Gasteiger partial charge is 0.181 e. The van der Waals surface area contributed by atoms with Crippen molar-refractivity contribution in [3.63, 3.8) is 0 Å². The summed E-state index contributed by atoms with van der Waals surface area (Å²) in [5, 5.41) is 0. The Bertz CT molecular complexity index is 1230. The van der Waals surface area contributed by atoms with Crippen LogP contribution in [0.1, 0.15) is 43.3 Å². The number of rotatable bonds is 10. The van der Waals surface area contributed by atoms with E-state index < -0.39 is 26.4 Å². The predicted octanol–water partition coefficient (Wildman–Crippen LogP) is 4.09. The Labute approximate surface area is 186 Å². The molecule has 3 aromatic rings. The van der Waals surface area contributed by atoms with Crippen LogP contribution in [0.2, 0.25) is 0 Å². The molecule has 0 saturated carbocycles. The number of anilines is 1. The van der Waals surface area contributed by atoms with Crippen molar-refractivity contribution in [2.45, 2.75) is 58.1 Å². The quantitative estimate of drug-likeness (QED) is 0.357. The molecule has 0 aliphatic heterocycles. The Morgan fingerprint density at radius 3 is 2.56 bits per heavy atom. The van der Waals surface area contributed by atoms with Crippen LogP contribution in [0.25, 0.3) is 11.0 Å². The fourth-order valence-corrected chi connectivity index (χ4v) is 5.10. The number of nitrogens with zero attached hydrogens (tertiary/aromatic N) is 3. The molecule has 10 heteroatoms. The molecule has 0 bridgehead atoms. The summed E-state index contributed by atoms with van der Waals surface area (Å²) in [6.07, 6.45) is 1.65. The molecule has 174 valence electrons. The lowest BCUT2D eigenvalue weighted by atomic mass is 10.2. The third-order valence-corrected chi connectivity index (χ3v) is 7.26. The SMILES string of the molecule is CCOCc1nc2c(N)nc(C)c(C)c2n1CCCCCS(=O)(=O)c1ccc(F)cc1F. The van der Waals surface area contributed by atoms with Crippen LogP contribution >= 0.6 is 0 Å². The molecule has 2 N–H and O–H groups in total. The van der Waals surface area contributed by atoms with E-state index in [1.807, 2.05) is 20.8 Å². The van der Waals surface area contributed by atoms with Gasteiger partial charge in [-0.1, -0.05) is 6.42 Å². The summed E-state index contributed by atoms with van der Waals surface area (Å²) in [6.45, 7) is 7.26. The van der Waals surface area contributed by atoms with E-state index in [2.05, 4.69) is 14.5 Å². The summed E-state index contributed by atoms with van der Waals surface area (Å²) in [7, 11) is -3.82. The van der Waals surface area contributed by atoms with Gasteiger partial charge in [0, 0.05) is 24.9 Å². The lowest BCUT2D eigenvalue weighted by molar-refractivity contribution is 0.126. The van der Waals surface area contributed by atoms with Crippen LogP contribution < -0.4 is 5.73 Å². The number of hydrogen-bond acceptors (Lipinski definition) is 6. The Balaban J connectivity index is 1.71. The second-order valence-electron chi connectivity index (χ2n) is 7.68. The molecule has 32 heavy (non-hydrogen) atoms. The first kappa shape index (κ1) is 24.1. The van der Waals surface area contributed by atoms with Crippen molar-refractivity contribution < 1.29 is 21.9 Å². The van der Waals surface area contributed by atoms with Gasteiger partial charge in [-0.05, 0) is 51.3 Å². The van der Waals surface area contributed by atoms with E-state index >= 15 is 0 Å². The number of nitrogens with two attached hydrogens (primary N) is 1. The van der Waals surface area contributed by atoms with Crippen molar-refractivity contribution in [3.05, 3.63) is 46.9 Å². The molecule has 0 radical (unpaired) electrons. The zero-order valence-electron chi connectivity index (χ0n) is 18.5. The van der Waals surface area contributed by atoms with Crippen LogP contribution in [0.5, 0.6) is 0 Å². The predicted molar refractivity (Wildman–Crippen MR) is 119 cm³/mol.